The molecule has 0 aliphatic rings. The summed E-state index contributed by atoms with van der Waals surface area (Å²) < 4.78 is 6.45. The van der Waals surface area contributed by atoms with Crippen LogP contribution in [-0.2, 0) is 4.74 Å². The summed E-state index contributed by atoms with van der Waals surface area (Å²) in [5.74, 6) is -0.616. The highest BCUT2D eigenvalue weighted by Gasteiger charge is 2.21. The Morgan fingerprint density at radius 3 is 2.68 bits per heavy atom. The number of hydrogen-bond donors (Lipinski definition) is 0. The molecule has 2 heterocycles. The van der Waals surface area contributed by atoms with Crippen molar-refractivity contribution in [3.63, 3.8) is 0 Å². The van der Waals surface area contributed by atoms with Gasteiger partial charge in [-0.25, -0.2) is 9.48 Å². The van der Waals surface area contributed by atoms with E-state index in [0.717, 1.165) is 6.20 Å². The Morgan fingerprint density at radius 2 is 2.09 bits per heavy atom. The highest BCUT2D eigenvalue weighted by molar-refractivity contribution is 5.87. The first-order chi connectivity index (χ1) is 10.2. The van der Waals surface area contributed by atoms with Gasteiger partial charge in [0.15, 0.2) is 5.69 Å². The average molecular weight is 305 g/mol. The number of ether oxygens (including phenoxy) is 1. The van der Waals surface area contributed by atoms with Gasteiger partial charge in [0.05, 0.1) is 22.5 Å². The molecule has 22 heavy (non-hydrogen) atoms. The van der Waals surface area contributed by atoms with Crippen LogP contribution in [0.5, 0.6) is 0 Å². The fraction of sp³-hybridized carbons (Fsp3) is 0.385. The standard InChI is InChI=1S/C13H15N5O4/c1-8-11(5-9(6-14-8)18(20)21)17-7-10(15-16-17)12(19)22-13(2,3)4/h5-7H,1-4H3. The fourth-order valence-electron chi connectivity index (χ4n) is 1.65. The molecule has 0 unspecified atom stereocenters. The molecule has 0 amide bonds. The van der Waals surface area contributed by atoms with E-state index in [9.17, 15) is 14.9 Å². The first kappa shape index (κ1) is 15.5. The van der Waals surface area contributed by atoms with Gasteiger partial charge in [-0.05, 0) is 27.7 Å². The second kappa shape index (κ2) is 5.51. The van der Waals surface area contributed by atoms with Gasteiger partial charge in [-0.2, -0.15) is 0 Å². The molecule has 0 spiro atoms. The van der Waals surface area contributed by atoms with E-state index in [0.29, 0.717) is 11.4 Å². The van der Waals surface area contributed by atoms with E-state index in [1.165, 1.54) is 16.9 Å². The highest BCUT2D eigenvalue weighted by atomic mass is 16.6. The Labute approximate surface area is 126 Å². The number of nitrogens with zero attached hydrogens (tertiary/aromatic N) is 5. The maximum Gasteiger partial charge on any atom is 0.361 e. The number of pyridine rings is 1. The van der Waals surface area contributed by atoms with Gasteiger partial charge in [-0.1, -0.05) is 5.21 Å². The van der Waals surface area contributed by atoms with Crippen LogP contribution in [0.4, 0.5) is 5.69 Å². The highest BCUT2D eigenvalue weighted by Crippen LogP contribution is 2.18. The van der Waals surface area contributed by atoms with E-state index in [2.05, 4.69) is 15.3 Å². The minimum Gasteiger partial charge on any atom is -0.455 e. The van der Waals surface area contributed by atoms with Crippen molar-refractivity contribution in [2.75, 3.05) is 0 Å². The topological polar surface area (TPSA) is 113 Å². The lowest BCUT2D eigenvalue weighted by atomic mass is 10.2. The van der Waals surface area contributed by atoms with E-state index < -0.39 is 16.5 Å². The molecule has 2 aromatic heterocycles. The van der Waals surface area contributed by atoms with Gasteiger partial charge in [-0.3, -0.25) is 15.1 Å². The number of aryl methyl sites for hydroxylation is 1. The summed E-state index contributed by atoms with van der Waals surface area (Å²) in [5.41, 5.74) is 0.0858. The van der Waals surface area contributed by atoms with Crippen molar-refractivity contribution in [1.82, 2.24) is 20.0 Å². The normalized spacial score (nSPS) is 11.3. The van der Waals surface area contributed by atoms with Gasteiger partial charge >= 0.3 is 5.97 Å². The van der Waals surface area contributed by atoms with Gasteiger partial charge in [-0.15, -0.1) is 5.10 Å². The van der Waals surface area contributed by atoms with E-state index >= 15 is 0 Å². The van der Waals surface area contributed by atoms with Crippen LogP contribution in [0.15, 0.2) is 18.5 Å². The second-order valence-electron chi connectivity index (χ2n) is 5.61. The zero-order chi connectivity index (χ0) is 16.5. The number of rotatable bonds is 3. The third-order valence-corrected chi connectivity index (χ3v) is 2.60. The Bertz CT molecular complexity index is 732. The molecular formula is C13H15N5O4. The molecule has 0 radical (unpaired) electrons. The van der Waals surface area contributed by atoms with Crippen LogP contribution in [-0.4, -0.2) is 36.5 Å². The smallest absolute Gasteiger partial charge is 0.361 e. The molecule has 0 aromatic carbocycles. The van der Waals surface area contributed by atoms with E-state index in [-0.39, 0.29) is 11.4 Å². The van der Waals surface area contributed by atoms with Crippen LogP contribution in [0.2, 0.25) is 0 Å². The first-order valence-electron chi connectivity index (χ1n) is 6.44. The summed E-state index contributed by atoms with van der Waals surface area (Å²) in [4.78, 5) is 26.1. The van der Waals surface area contributed by atoms with Crippen molar-refractivity contribution in [3.8, 4) is 5.69 Å². The number of esters is 1. The molecule has 0 atom stereocenters. The van der Waals surface area contributed by atoms with Gasteiger partial charge in [0, 0.05) is 6.07 Å². The third-order valence-electron chi connectivity index (χ3n) is 2.60. The Kier molecular flexibility index (Phi) is 3.89. The van der Waals surface area contributed by atoms with E-state index in [4.69, 9.17) is 4.74 Å². The lowest BCUT2D eigenvalue weighted by Gasteiger charge is -2.18. The predicted octanol–water partition coefficient (Wildman–Crippen LogP) is 1.83. The van der Waals surface area contributed by atoms with Crippen molar-refractivity contribution >= 4 is 11.7 Å². The predicted molar refractivity (Wildman–Crippen MR) is 75.7 cm³/mol. The van der Waals surface area contributed by atoms with Gasteiger partial charge < -0.3 is 4.74 Å². The molecule has 0 aliphatic carbocycles. The van der Waals surface area contributed by atoms with Crippen molar-refractivity contribution in [3.05, 3.63) is 40.0 Å². The van der Waals surface area contributed by atoms with Gasteiger partial charge in [0.1, 0.15) is 11.8 Å². The maximum absolute atomic E-state index is 11.9. The van der Waals surface area contributed by atoms with Gasteiger partial charge in [0.2, 0.25) is 0 Å². The van der Waals surface area contributed by atoms with E-state index in [1.807, 2.05) is 0 Å². The average Bonchev–Trinajstić information content (AvgIpc) is 2.86. The molecule has 0 aliphatic heterocycles. The molecule has 0 fully saturated rings. The monoisotopic (exact) mass is 305 g/mol. The molecule has 9 nitrogen and oxygen atoms in total. The first-order valence-corrected chi connectivity index (χ1v) is 6.44. The molecule has 0 saturated carbocycles. The Hall–Kier alpha value is -2.84. The SMILES string of the molecule is Cc1ncc([N+](=O)[O-])cc1-n1cc(C(=O)OC(C)(C)C)nn1. The van der Waals surface area contributed by atoms with Crippen LogP contribution < -0.4 is 0 Å². The van der Waals surface area contributed by atoms with Gasteiger partial charge in [0.25, 0.3) is 5.69 Å². The lowest BCUT2D eigenvalue weighted by Crippen LogP contribution is -2.24. The molecule has 0 bridgehead atoms. The minimum atomic E-state index is -0.649. The largest absolute Gasteiger partial charge is 0.455 e. The Balaban J connectivity index is 2.34. The van der Waals surface area contributed by atoms with Crippen molar-refractivity contribution in [1.29, 1.82) is 0 Å². The zero-order valence-corrected chi connectivity index (χ0v) is 12.6. The number of carbonyl (C=O) groups is 1. The number of nitro groups is 1. The molecule has 0 saturated heterocycles. The lowest BCUT2D eigenvalue weighted by molar-refractivity contribution is -0.385. The fourth-order valence-corrected chi connectivity index (χ4v) is 1.65. The zero-order valence-electron chi connectivity index (χ0n) is 12.6. The van der Waals surface area contributed by atoms with Crippen LogP contribution in [0.25, 0.3) is 5.69 Å². The molecule has 116 valence electrons. The summed E-state index contributed by atoms with van der Waals surface area (Å²) in [5, 5.41) is 18.3. The minimum absolute atomic E-state index is 0.0147. The quantitative estimate of drug-likeness (QED) is 0.483. The second-order valence-corrected chi connectivity index (χ2v) is 5.61. The maximum atomic E-state index is 11.9. The summed E-state index contributed by atoms with van der Waals surface area (Å²) >= 11 is 0. The Morgan fingerprint density at radius 1 is 1.41 bits per heavy atom. The summed E-state index contributed by atoms with van der Waals surface area (Å²) in [7, 11) is 0. The third kappa shape index (κ3) is 3.43. The van der Waals surface area contributed by atoms with Crippen molar-refractivity contribution < 1.29 is 14.5 Å². The number of hydrogen-bond acceptors (Lipinski definition) is 7. The van der Waals surface area contributed by atoms with Crippen LogP contribution >= 0.6 is 0 Å². The van der Waals surface area contributed by atoms with Crippen LogP contribution in [0.1, 0.15) is 37.0 Å². The number of carbonyl (C=O) groups excluding carboxylic acids is 1. The number of aromatic nitrogens is 4. The summed E-state index contributed by atoms with van der Waals surface area (Å²) in [6, 6.07) is 1.32. The molecular weight excluding hydrogens is 290 g/mol. The van der Waals surface area contributed by atoms with Crippen LogP contribution in [0, 0.1) is 17.0 Å². The summed E-state index contributed by atoms with van der Waals surface area (Å²) in [6.45, 7) is 6.89. The van der Waals surface area contributed by atoms with Crippen molar-refractivity contribution in [2.24, 2.45) is 0 Å². The molecule has 0 N–H and O–H groups in total. The molecule has 2 aromatic rings. The van der Waals surface area contributed by atoms with Crippen molar-refractivity contribution in [2.45, 2.75) is 33.3 Å². The molecule has 2 rings (SSSR count). The van der Waals surface area contributed by atoms with Crippen LogP contribution in [0.3, 0.4) is 0 Å². The van der Waals surface area contributed by atoms with E-state index in [1.54, 1.807) is 27.7 Å². The summed E-state index contributed by atoms with van der Waals surface area (Å²) in [6.07, 6.45) is 2.51. The molecule has 9 heteroatoms.